The SMILES string of the molecule is CC(Cl)CC(C)Cc1cccc(Cl)c1F. The summed E-state index contributed by atoms with van der Waals surface area (Å²) in [6, 6.07) is 5.11. The van der Waals surface area contributed by atoms with Gasteiger partial charge in [-0.3, -0.25) is 0 Å². The van der Waals surface area contributed by atoms with Gasteiger partial charge in [0.05, 0.1) is 5.02 Å². The van der Waals surface area contributed by atoms with Gasteiger partial charge < -0.3 is 0 Å². The summed E-state index contributed by atoms with van der Waals surface area (Å²) >= 11 is 11.6. The molecule has 1 aromatic rings. The number of rotatable bonds is 4. The average Bonchev–Trinajstić information content (AvgIpc) is 2.11. The molecule has 0 aliphatic rings. The molecule has 1 aromatic carbocycles. The maximum Gasteiger partial charge on any atom is 0.144 e. The molecule has 0 radical (unpaired) electrons. The fourth-order valence-corrected chi connectivity index (χ4v) is 2.22. The standard InChI is InChI=1S/C12H15Cl2F/c1-8(6-9(2)13)7-10-4-3-5-11(14)12(10)15/h3-5,8-9H,6-7H2,1-2H3. The Hall–Kier alpha value is -0.270. The summed E-state index contributed by atoms with van der Waals surface area (Å²) in [4.78, 5) is 0. The topological polar surface area (TPSA) is 0 Å². The molecule has 0 aromatic heterocycles. The highest BCUT2D eigenvalue weighted by molar-refractivity contribution is 6.30. The lowest BCUT2D eigenvalue weighted by molar-refractivity contribution is 0.507. The van der Waals surface area contributed by atoms with E-state index < -0.39 is 0 Å². The minimum Gasteiger partial charge on any atom is -0.205 e. The second-order valence-corrected chi connectivity index (χ2v) is 5.19. The van der Waals surface area contributed by atoms with Crippen molar-refractivity contribution in [2.75, 3.05) is 0 Å². The van der Waals surface area contributed by atoms with Crippen molar-refractivity contribution in [3.63, 3.8) is 0 Å². The smallest absolute Gasteiger partial charge is 0.144 e. The minimum absolute atomic E-state index is 0.127. The normalized spacial score (nSPS) is 15.0. The van der Waals surface area contributed by atoms with E-state index in [0.717, 1.165) is 6.42 Å². The molecule has 2 atom stereocenters. The average molecular weight is 249 g/mol. The Morgan fingerprint density at radius 1 is 1.33 bits per heavy atom. The van der Waals surface area contributed by atoms with Crippen LogP contribution in [0.4, 0.5) is 4.39 Å². The van der Waals surface area contributed by atoms with E-state index >= 15 is 0 Å². The summed E-state index contributed by atoms with van der Waals surface area (Å²) in [5, 5.41) is 0.320. The Kier molecular flexibility index (Phi) is 4.88. The van der Waals surface area contributed by atoms with Crippen LogP contribution in [-0.2, 0) is 6.42 Å². The maximum absolute atomic E-state index is 13.5. The van der Waals surface area contributed by atoms with Crippen molar-refractivity contribution in [3.8, 4) is 0 Å². The second kappa shape index (κ2) is 5.72. The van der Waals surface area contributed by atoms with Gasteiger partial charge in [-0.25, -0.2) is 4.39 Å². The van der Waals surface area contributed by atoms with Gasteiger partial charge in [-0.2, -0.15) is 0 Å². The van der Waals surface area contributed by atoms with E-state index in [-0.39, 0.29) is 16.2 Å². The molecule has 15 heavy (non-hydrogen) atoms. The summed E-state index contributed by atoms with van der Waals surface area (Å²) in [5.74, 6) is 0.0682. The van der Waals surface area contributed by atoms with E-state index in [4.69, 9.17) is 23.2 Å². The number of hydrogen-bond donors (Lipinski definition) is 0. The molecule has 1 rings (SSSR count). The molecule has 0 aliphatic heterocycles. The van der Waals surface area contributed by atoms with Crippen LogP contribution in [0.15, 0.2) is 18.2 Å². The van der Waals surface area contributed by atoms with Crippen molar-refractivity contribution in [3.05, 3.63) is 34.6 Å². The van der Waals surface area contributed by atoms with Crippen LogP contribution in [0.3, 0.4) is 0 Å². The highest BCUT2D eigenvalue weighted by Crippen LogP contribution is 2.22. The summed E-state index contributed by atoms with van der Waals surface area (Å²) in [6.07, 6.45) is 1.57. The van der Waals surface area contributed by atoms with Gasteiger partial charge in [-0.15, -0.1) is 11.6 Å². The highest BCUT2D eigenvalue weighted by atomic mass is 35.5. The minimum atomic E-state index is -0.298. The number of alkyl halides is 1. The Morgan fingerprint density at radius 2 is 2.00 bits per heavy atom. The van der Waals surface area contributed by atoms with Crippen LogP contribution in [0, 0.1) is 11.7 Å². The lowest BCUT2D eigenvalue weighted by atomic mass is 9.96. The van der Waals surface area contributed by atoms with Gasteiger partial charge in [-0.05, 0) is 37.3 Å². The zero-order valence-electron chi connectivity index (χ0n) is 8.93. The van der Waals surface area contributed by atoms with Gasteiger partial charge >= 0.3 is 0 Å². The zero-order chi connectivity index (χ0) is 11.4. The fraction of sp³-hybridized carbons (Fsp3) is 0.500. The van der Waals surface area contributed by atoms with Gasteiger partial charge in [0.25, 0.3) is 0 Å². The van der Waals surface area contributed by atoms with Crippen molar-refractivity contribution < 1.29 is 4.39 Å². The highest BCUT2D eigenvalue weighted by Gasteiger charge is 2.11. The molecule has 0 bridgehead atoms. The lowest BCUT2D eigenvalue weighted by Gasteiger charge is -2.13. The van der Waals surface area contributed by atoms with E-state index in [9.17, 15) is 4.39 Å². The van der Waals surface area contributed by atoms with Crippen LogP contribution >= 0.6 is 23.2 Å². The summed E-state index contributed by atoms with van der Waals surface area (Å²) in [5.41, 5.74) is 0.673. The molecule has 0 nitrogen and oxygen atoms in total. The van der Waals surface area contributed by atoms with Crippen molar-refractivity contribution in [1.29, 1.82) is 0 Å². The Balaban J connectivity index is 2.68. The molecule has 0 saturated carbocycles. The Morgan fingerprint density at radius 3 is 2.60 bits per heavy atom. The molecular weight excluding hydrogens is 234 g/mol. The van der Waals surface area contributed by atoms with Crippen molar-refractivity contribution >= 4 is 23.2 Å². The summed E-state index contributed by atoms with van der Waals surface area (Å²) in [7, 11) is 0. The Bertz CT molecular complexity index is 323. The first-order valence-electron chi connectivity index (χ1n) is 5.07. The summed E-state index contributed by atoms with van der Waals surface area (Å²) in [6.45, 7) is 4.02. The molecule has 0 spiro atoms. The number of hydrogen-bond acceptors (Lipinski definition) is 0. The molecule has 0 saturated heterocycles. The van der Waals surface area contributed by atoms with Gasteiger partial charge in [0.1, 0.15) is 5.82 Å². The zero-order valence-corrected chi connectivity index (χ0v) is 10.4. The van der Waals surface area contributed by atoms with Crippen molar-refractivity contribution in [2.45, 2.75) is 32.1 Å². The fourth-order valence-electron chi connectivity index (χ4n) is 1.72. The second-order valence-electron chi connectivity index (χ2n) is 4.04. The van der Waals surface area contributed by atoms with Crippen LogP contribution in [0.2, 0.25) is 5.02 Å². The van der Waals surface area contributed by atoms with E-state index in [1.54, 1.807) is 18.2 Å². The van der Waals surface area contributed by atoms with Gasteiger partial charge in [0.15, 0.2) is 0 Å². The van der Waals surface area contributed by atoms with Gasteiger partial charge in [-0.1, -0.05) is 30.7 Å². The number of benzene rings is 1. The third-order valence-electron chi connectivity index (χ3n) is 2.33. The molecule has 0 fully saturated rings. The molecule has 0 aliphatic carbocycles. The maximum atomic E-state index is 13.5. The molecule has 0 N–H and O–H groups in total. The van der Waals surface area contributed by atoms with E-state index in [2.05, 4.69) is 6.92 Å². The van der Waals surface area contributed by atoms with E-state index in [0.29, 0.717) is 17.9 Å². The van der Waals surface area contributed by atoms with E-state index in [1.807, 2.05) is 6.92 Å². The van der Waals surface area contributed by atoms with Crippen molar-refractivity contribution in [2.24, 2.45) is 5.92 Å². The number of halogens is 3. The predicted octanol–water partition coefficient (Wildman–Crippen LogP) is 4.68. The molecule has 0 amide bonds. The van der Waals surface area contributed by atoms with Crippen LogP contribution in [0.25, 0.3) is 0 Å². The first-order chi connectivity index (χ1) is 7.00. The van der Waals surface area contributed by atoms with Crippen LogP contribution in [0.1, 0.15) is 25.8 Å². The molecule has 2 unspecified atom stereocenters. The Labute approximate surface area is 100 Å². The van der Waals surface area contributed by atoms with Crippen LogP contribution in [-0.4, -0.2) is 5.38 Å². The van der Waals surface area contributed by atoms with Crippen LogP contribution < -0.4 is 0 Å². The molecule has 3 heteroatoms. The predicted molar refractivity (Wildman–Crippen MR) is 64.2 cm³/mol. The third-order valence-corrected chi connectivity index (χ3v) is 2.80. The molecular formula is C12H15Cl2F. The van der Waals surface area contributed by atoms with Gasteiger partial charge in [0, 0.05) is 5.38 Å². The first-order valence-corrected chi connectivity index (χ1v) is 5.89. The van der Waals surface area contributed by atoms with Crippen molar-refractivity contribution in [1.82, 2.24) is 0 Å². The monoisotopic (exact) mass is 248 g/mol. The van der Waals surface area contributed by atoms with Gasteiger partial charge in [0.2, 0.25) is 0 Å². The molecule has 0 heterocycles. The third kappa shape index (κ3) is 4.00. The summed E-state index contributed by atoms with van der Waals surface area (Å²) < 4.78 is 13.5. The largest absolute Gasteiger partial charge is 0.205 e. The first kappa shape index (κ1) is 12.8. The lowest BCUT2D eigenvalue weighted by Crippen LogP contribution is -2.06. The quantitative estimate of drug-likeness (QED) is 0.680. The van der Waals surface area contributed by atoms with E-state index in [1.165, 1.54) is 0 Å². The van der Waals surface area contributed by atoms with Crippen LogP contribution in [0.5, 0.6) is 0 Å². The molecule has 84 valence electrons.